The number of ether oxygens (including phenoxy) is 1. The van der Waals surface area contributed by atoms with Crippen LogP contribution in [0.3, 0.4) is 0 Å². The van der Waals surface area contributed by atoms with Gasteiger partial charge in [0.25, 0.3) is 5.91 Å². The zero-order valence-corrected chi connectivity index (χ0v) is 14.1. The molecular weight excluding hydrogens is 316 g/mol. The molecule has 0 aliphatic carbocycles. The molecule has 1 fully saturated rings. The van der Waals surface area contributed by atoms with E-state index >= 15 is 0 Å². The van der Waals surface area contributed by atoms with Crippen molar-refractivity contribution in [3.8, 4) is 5.75 Å². The maximum absolute atomic E-state index is 12.8. The minimum Gasteiger partial charge on any atom is -0.493 e. The number of H-pyrrole nitrogens is 1. The van der Waals surface area contributed by atoms with Crippen LogP contribution in [0.4, 0.5) is 5.82 Å². The Morgan fingerprint density at radius 3 is 2.68 bits per heavy atom. The standard InChI is InChI=1S/C19H20N4O2/c1-25-17-7-4-8-20-18(17)22-9-11-23(12-10-22)19(24)16-13-14-5-2-3-6-15(14)21-16/h2-8,13,21H,9-12H2,1H3. The number of piperazine rings is 1. The quantitative estimate of drug-likeness (QED) is 0.798. The molecule has 1 aliphatic heterocycles. The number of para-hydroxylation sites is 1. The fourth-order valence-corrected chi connectivity index (χ4v) is 3.26. The van der Waals surface area contributed by atoms with E-state index in [-0.39, 0.29) is 5.91 Å². The molecule has 1 aliphatic rings. The minimum atomic E-state index is 0.0452. The van der Waals surface area contributed by atoms with Crippen LogP contribution in [-0.4, -0.2) is 54.1 Å². The van der Waals surface area contributed by atoms with Crippen LogP contribution >= 0.6 is 0 Å². The molecule has 1 N–H and O–H groups in total. The van der Waals surface area contributed by atoms with Gasteiger partial charge in [0.05, 0.1) is 7.11 Å². The van der Waals surface area contributed by atoms with Crippen molar-refractivity contribution in [3.63, 3.8) is 0 Å². The number of carbonyl (C=O) groups excluding carboxylic acids is 1. The summed E-state index contributed by atoms with van der Waals surface area (Å²) in [7, 11) is 1.65. The third kappa shape index (κ3) is 2.91. The van der Waals surface area contributed by atoms with Crippen LogP contribution in [0.15, 0.2) is 48.7 Å². The van der Waals surface area contributed by atoms with Crippen LogP contribution < -0.4 is 9.64 Å². The first kappa shape index (κ1) is 15.5. The summed E-state index contributed by atoms with van der Waals surface area (Å²) in [5.74, 6) is 1.64. The minimum absolute atomic E-state index is 0.0452. The highest BCUT2D eigenvalue weighted by molar-refractivity contribution is 5.98. The first-order chi connectivity index (χ1) is 12.3. The highest BCUT2D eigenvalue weighted by Crippen LogP contribution is 2.26. The van der Waals surface area contributed by atoms with E-state index in [0.29, 0.717) is 18.8 Å². The number of benzene rings is 1. The second-order valence-corrected chi connectivity index (χ2v) is 6.08. The highest BCUT2D eigenvalue weighted by atomic mass is 16.5. The molecule has 0 atom stereocenters. The normalized spacial score (nSPS) is 14.8. The number of aromatic amines is 1. The second kappa shape index (κ2) is 6.47. The first-order valence-corrected chi connectivity index (χ1v) is 8.37. The van der Waals surface area contributed by atoms with E-state index in [1.807, 2.05) is 47.4 Å². The Hall–Kier alpha value is -3.02. The molecule has 1 saturated heterocycles. The van der Waals surface area contributed by atoms with Gasteiger partial charge in [0.2, 0.25) is 0 Å². The van der Waals surface area contributed by atoms with Crippen molar-refractivity contribution in [1.29, 1.82) is 0 Å². The predicted octanol–water partition coefficient (Wildman–Crippen LogP) is 2.53. The van der Waals surface area contributed by atoms with E-state index in [9.17, 15) is 4.79 Å². The molecule has 3 aromatic rings. The molecule has 2 aromatic heterocycles. The van der Waals surface area contributed by atoms with Crippen molar-refractivity contribution < 1.29 is 9.53 Å². The van der Waals surface area contributed by atoms with Crippen molar-refractivity contribution in [2.45, 2.75) is 0 Å². The SMILES string of the molecule is COc1cccnc1N1CCN(C(=O)c2cc3ccccc3[nH]2)CC1. The number of anilines is 1. The number of nitrogens with zero attached hydrogens (tertiary/aromatic N) is 3. The summed E-state index contributed by atoms with van der Waals surface area (Å²) in [5, 5.41) is 1.06. The smallest absolute Gasteiger partial charge is 0.270 e. The average molecular weight is 336 g/mol. The number of amides is 1. The topological polar surface area (TPSA) is 61.5 Å². The predicted molar refractivity (Wildman–Crippen MR) is 97.2 cm³/mol. The molecule has 0 radical (unpaired) electrons. The van der Waals surface area contributed by atoms with Gasteiger partial charge in [-0.1, -0.05) is 18.2 Å². The zero-order valence-electron chi connectivity index (χ0n) is 14.1. The van der Waals surface area contributed by atoms with Crippen LogP contribution in [-0.2, 0) is 0 Å². The summed E-state index contributed by atoms with van der Waals surface area (Å²) in [6.45, 7) is 2.79. The van der Waals surface area contributed by atoms with Gasteiger partial charge in [-0.25, -0.2) is 4.98 Å². The van der Waals surface area contributed by atoms with Gasteiger partial charge in [-0.2, -0.15) is 0 Å². The largest absolute Gasteiger partial charge is 0.493 e. The van der Waals surface area contributed by atoms with Gasteiger partial charge in [0.15, 0.2) is 11.6 Å². The number of hydrogen-bond donors (Lipinski definition) is 1. The Balaban J connectivity index is 1.47. The number of nitrogens with one attached hydrogen (secondary N) is 1. The molecular formula is C19H20N4O2. The van der Waals surface area contributed by atoms with E-state index in [1.54, 1.807) is 13.3 Å². The van der Waals surface area contributed by atoms with Crippen molar-refractivity contribution in [2.75, 3.05) is 38.2 Å². The summed E-state index contributed by atoms with van der Waals surface area (Å²) in [6, 6.07) is 13.6. The van der Waals surface area contributed by atoms with Crippen molar-refractivity contribution in [1.82, 2.24) is 14.9 Å². The van der Waals surface area contributed by atoms with Gasteiger partial charge in [0.1, 0.15) is 5.69 Å². The third-order valence-electron chi connectivity index (χ3n) is 4.60. The molecule has 4 rings (SSSR count). The lowest BCUT2D eigenvalue weighted by atomic mass is 10.2. The zero-order chi connectivity index (χ0) is 17.2. The van der Waals surface area contributed by atoms with Gasteiger partial charge in [-0.15, -0.1) is 0 Å². The lowest BCUT2D eigenvalue weighted by Crippen LogP contribution is -2.49. The van der Waals surface area contributed by atoms with Crippen LogP contribution in [0.5, 0.6) is 5.75 Å². The number of rotatable bonds is 3. The molecule has 128 valence electrons. The van der Waals surface area contributed by atoms with Crippen LogP contribution in [0, 0.1) is 0 Å². The average Bonchev–Trinajstić information content (AvgIpc) is 3.12. The number of aromatic nitrogens is 2. The Morgan fingerprint density at radius 2 is 1.92 bits per heavy atom. The molecule has 0 spiro atoms. The van der Waals surface area contributed by atoms with Crippen molar-refractivity contribution >= 4 is 22.6 Å². The Morgan fingerprint density at radius 1 is 1.12 bits per heavy atom. The van der Waals surface area contributed by atoms with Gasteiger partial charge in [-0.3, -0.25) is 4.79 Å². The van der Waals surface area contributed by atoms with Crippen LogP contribution in [0.2, 0.25) is 0 Å². The Labute approximate surface area is 146 Å². The van der Waals surface area contributed by atoms with E-state index in [2.05, 4.69) is 14.9 Å². The van der Waals surface area contributed by atoms with E-state index in [1.165, 1.54) is 0 Å². The first-order valence-electron chi connectivity index (χ1n) is 8.37. The summed E-state index contributed by atoms with van der Waals surface area (Å²) in [4.78, 5) is 24.5. The van der Waals surface area contributed by atoms with Gasteiger partial charge < -0.3 is 19.5 Å². The van der Waals surface area contributed by atoms with E-state index in [0.717, 1.165) is 35.6 Å². The molecule has 1 amide bonds. The maximum atomic E-state index is 12.8. The molecule has 25 heavy (non-hydrogen) atoms. The number of fused-ring (bicyclic) bond motifs is 1. The molecule has 0 unspecified atom stereocenters. The Kier molecular flexibility index (Phi) is 4.01. The van der Waals surface area contributed by atoms with Crippen molar-refractivity contribution in [3.05, 3.63) is 54.4 Å². The highest BCUT2D eigenvalue weighted by Gasteiger charge is 2.25. The van der Waals surface area contributed by atoms with E-state index < -0.39 is 0 Å². The lowest BCUT2D eigenvalue weighted by Gasteiger charge is -2.35. The summed E-state index contributed by atoms with van der Waals surface area (Å²) in [6.07, 6.45) is 1.76. The fourth-order valence-electron chi connectivity index (χ4n) is 3.26. The number of hydrogen-bond acceptors (Lipinski definition) is 4. The Bertz CT molecular complexity index is 864. The lowest BCUT2D eigenvalue weighted by molar-refractivity contribution is 0.0741. The fraction of sp³-hybridized carbons (Fsp3) is 0.263. The van der Waals surface area contributed by atoms with E-state index in [4.69, 9.17) is 4.74 Å². The van der Waals surface area contributed by atoms with Gasteiger partial charge in [-0.05, 0) is 24.3 Å². The monoisotopic (exact) mass is 336 g/mol. The van der Waals surface area contributed by atoms with Crippen LogP contribution in [0.25, 0.3) is 10.9 Å². The maximum Gasteiger partial charge on any atom is 0.270 e. The molecule has 6 heteroatoms. The molecule has 1 aromatic carbocycles. The number of pyridine rings is 1. The molecule has 0 saturated carbocycles. The summed E-state index contributed by atoms with van der Waals surface area (Å²) < 4.78 is 5.39. The molecule has 0 bridgehead atoms. The summed E-state index contributed by atoms with van der Waals surface area (Å²) >= 11 is 0. The second-order valence-electron chi connectivity index (χ2n) is 6.08. The van der Waals surface area contributed by atoms with Gasteiger partial charge in [0, 0.05) is 43.3 Å². The third-order valence-corrected chi connectivity index (χ3v) is 4.60. The number of methoxy groups -OCH3 is 1. The van der Waals surface area contributed by atoms with Crippen molar-refractivity contribution in [2.24, 2.45) is 0 Å². The molecule has 3 heterocycles. The summed E-state index contributed by atoms with van der Waals surface area (Å²) in [5.41, 5.74) is 1.63. The van der Waals surface area contributed by atoms with Crippen LogP contribution in [0.1, 0.15) is 10.5 Å². The molecule has 6 nitrogen and oxygen atoms in total. The van der Waals surface area contributed by atoms with Gasteiger partial charge >= 0.3 is 0 Å². The number of carbonyl (C=O) groups is 1.